The van der Waals surface area contributed by atoms with Crippen molar-refractivity contribution in [1.82, 2.24) is 14.2 Å². The van der Waals surface area contributed by atoms with Gasteiger partial charge in [0.05, 0.1) is 11.4 Å². The third-order valence-corrected chi connectivity index (χ3v) is 9.41. The smallest absolute Gasteiger partial charge is 0.248 e. The Bertz CT molecular complexity index is 1180. The largest absolute Gasteiger partial charge is 0.328 e. The lowest BCUT2D eigenvalue weighted by Crippen LogP contribution is -2.58. The average Bonchev–Trinajstić information content (AvgIpc) is 3.36. The van der Waals surface area contributed by atoms with Crippen molar-refractivity contribution in [2.24, 2.45) is 5.92 Å². The van der Waals surface area contributed by atoms with Crippen molar-refractivity contribution in [2.75, 3.05) is 25.0 Å². The quantitative estimate of drug-likeness (QED) is 0.531. The molecule has 4 rings (SSSR count). The number of aromatic nitrogens is 1. The van der Waals surface area contributed by atoms with E-state index < -0.39 is 16.1 Å². The molecule has 2 aromatic rings. The number of amides is 2. The zero-order chi connectivity index (χ0) is 25.7. The van der Waals surface area contributed by atoms with Crippen molar-refractivity contribution in [3.8, 4) is 0 Å². The van der Waals surface area contributed by atoms with Crippen molar-refractivity contribution in [3.05, 3.63) is 41.4 Å². The Hall–Kier alpha value is -2.63. The van der Waals surface area contributed by atoms with Crippen LogP contribution in [-0.4, -0.2) is 65.9 Å². The number of nitrogens with one attached hydrogen (secondary N) is 1. The highest BCUT2D eigenvalue weighted by Gasteiger charge is 2.39. The molecule has 2 heterocycles. The van der Waals surface area contributed by atoms with Gasteiger partial charge in [-0.05, 0) is 37.0 Å². The van der Waals surface area contributed by atoms with Gasteiger partial charge < -0.3 is 10.2 Å². The van der Waals surface area contributed by atoms with E-state index in [4.69, 9.17) is 0 Å². The Kier molecular flexibility index (Phi) is 8.53. The van der Waals surface area contributed by atoms with Crippen LogP contribution in [0.15, 0.2) is 40.7 Å². The van der Waals surface area contributed by atoms with Gasteiger partial charge in [-0.25, -0.2) is 13.4 Å². The van der Waals surface area contributed by atoms with E-state index in [9.17, 15) is 22.8 Å². The summed E-state index contributed by atoms with van der Waals surface area (Å²) >= 11 is 1.31. The summed E-state index contributed by atoms with van der Waals surface area (Å²) in [5.41, 5.74) is 0.735. The van der Waals surface area contributed by atoms with Crippen molar-refractivity contribution >= 4 is 44.1 Å². The Balaban J connectivity index is 1.47. The molecule has 0 unspecified atom stereocenters. The average molecular weight is 533 g/mol. The highest BCUT2D eigenvalue weighted by Crippen LogP contribution is 2.30. The first kappa shape index (κ1) is 26.4. The molecule has 36 heavy (non-hydrogen) atoms. The number of Topliss-reactive ketones (excluding diaryl/α,β-unsaturated/α-hetero) is 1. The lowest BCUT2D eigenvalue weighted by Gasteiger charge is -2.39. The van der Waals surface area contributed by atoms with Crippen LogP contribution in [0.2, 0.25) is 0 Å². The summed E-state index contributed by atoms with van der Waals surface area (Å²) in [6.45, 7) is 1.41. The molecule has 1 aliphatic heterocycles. The van der Waals surface area contributed by atoms with E-state index in [-0.39, 0.29) is 48.5 Å². The van der Waals surface area contributed by atoms with Gasteiger partial charge in [-0.3, -0.25) is 14.4 Å². The lowest BCUT2D eigenvalue weighted by molar-refractivity contribution is -0.142. The highest BCUT2D eigenvalue weighted by atomic mass is 32.2. The molecule has 2 amide bonds. The minimum atomic E-state index is -3.89. The Morgan fingerprint density at radius 2 is 1.86 bits per heavy atom. The molecule has 0 spiro atoms. The summed E-state index contributed by atoms with van der Waals surface area (Å²) in [5, 5.41) is 5.09. The number of piperazine rings is 1. The van der Waals surface area contributed by atoms with Crippen LogP contribution in [-0.2, 0) is 30.8 Å². The first-order chi connectivity index (χ1) is 17.2. The first-order valence-electron chi connectivity index (χ1n) is 12.3. The van der Waals surface area contributed by atoms with Crippen LogP contribution in [0.4, 0.5) is 5.13 Å². The molecule has 1 aliphatic carbocycles. The number of thiazole rings is 1. The van der Waals surface area contributed by atoms with E-state index >= 15 is 0 Å². The van der Waals surface area contributed by atoms with Crippen LogP contribution in [0.1, 0.15) is 51.0 Å². The topological polar surface area (TPSA) is 117 Å². The van der Waals surface area contributed by atoms with Gasteiger partial charge in [0.1, 0.15) is 11.8 Å². The van der Waals surface area contributed by atoms with E-state index in [0.29, 0.717) is 17.5 Å². The van der Waals surface area contributed by atoms with Crippen LogP contribution >= 0.6 is 11.3 Å². The predicted molar refractivity (Wildman–Crippen MR) is 137 cm³/mol. The maximum absolute atomic E-state index is 13.2. The number of carbonyl (C=O) groups excluding carboxylic acids is 3. The summed E-state index contributed by atoms with van der Waals surface area (Å²) in [6, 6.07) is 5.51. The molecule has 1 atom stereocenters. The van der Waals surface area contributed by atoms with Crippen LogP contribution < -0.4 is 5.32 Å². The van der Waals surface area contributed by atoms with Crippen molar-refractivity contribution in [3.63, 3.8) is 0 Å². The molecule has 1 saturated carbocycles. The monoisotopic (exact) mass is 532 g/mol. The van der Waals surface area contributed by atoms with Crippen LogP contribution in [0.5, 0.6) is 0 Å². The fraction of sp³-hybridized carbons (Fsp3) is 0.520. The molecule has 1 aromatic carbocycles. The van der Waals surface area contributed by atoms with E-state index in [1.807, 2.05) is 0 Å². The van der Waals surface area contributed by atoms with Gasteiger partial charge in [0.15, 0.2) is 5.13 Å². The molecule has 194 valence electrons. The normalized spacial score (nSPS) is 18.7. The Morgan fingerprint density at radius 3 is 2.47 bits per heavy atom. The molecule has 11 heteroatoms. The molecule has 1 saturated heterocycles. The predicted octanol–water partition coefficient (Wildman–Crippen LogP) is 3.09. The molecule has 0 radical (unpaired) electrons. The number of benzene rings is 1. The van der Waals surface area contributed by atoms with Gasteiger partial charge in [0, 0.05) is 31.1 Å². The number of ketones is 1. The number of hydrogen-bond donors (Lipinski definition) is 1. The number of carbonyl (C=O) groups is 3. The second kappa shape index (κ2) is 11.6. The van der Waals surface area contributed by atoms with E-state index in [0.717, 1.165) is 31.2 Å². The van der Waals surface area contributed by atoms with Crippen LogP contribution in [0.3, 0.4) is 0 Å². The zero-order valence-electron chi connectivity index (χ0n) is 20.4. The van der Waals surface area contributed by atoms with Crippen molar-refractivity contribution < 1.29 is 22.8 Å². The Morgan fingerprint density at radius 1 is 1.14 bits per heavy atom. The van der Waals surface area contributed by atoms with Gasteiger partial charge in [-0.2, -0.15) is 4.31 Å². The summed E-state index contributed by atoms with van der Waals surface area (Å²) in [4.78, 5) is 43.6. The van der Waals surface area contributed by atoms with E-state index in [2.05, 4.69) is 10.3 Å². The third kappa shape index (κ3) is 6.37. The van der Waals surface area contributed by atoms with Crippen molar-refractivity contribution in [2.45, 2.75) is 62.8 Å². The fourth-order valence-electron chi connectivity index (χ4n) is 5.00. The number of nitrogens with zero attached hydrogens (tertiary/aromatic N) is 3. The maximum Gasteiger partial charge on any atom is 0.248 e. The Labute approximate surface area is 215 Å². The molecular formula is C25H32N4O5S2. The molecule has 2 aliphatic rings. The summed E-state index contributed by atoms with van der Waals surface area (Å²) < 4.78 is 27.6. The minimum Gasteiger partial charge on any atom is -0.328 e. The minimum absolute atomic E-state index is 0.00555. The van der Waals surface area contributed by atoms with Crippen molar-refractivity contribution in [1.29, 1.82) is 0 Å². The second-order valence-corrected chi connectivity index (χ2v) is 12.4. The summed E-state index contributed by atoms with van der Waals surface area (Å²) in [6.07, 6.45) is 7.91. The van der Waals surface area contributed by atoms with Gasteiger partial charge >= 0.3 is 0 Å². The molecule has 0 bridgehead atoms. The van der Waals surface area contributed by atoms with Gasteiger partial charge in [0.2, 0.25) is 21.8 Å². The number of rotatable bonds is 9. The standard InChI is InChI=1S/C25H32N4O5S2/c1-18(30)15-20-7-9-21(10-8-20)36(33,34)28-12-13-29(23(31)17-28)22(16-19-5-3-2-4-6-19)24(32)27-25-26-11-14-35-25/h7-11,14,19,22H,2-6,12-13,15-17H2,1H3,(H,26,27,32)/t22-/m0/s1. The third-order valence-electron chi connectivity index (χ3n) is 6.86. The molecule has 1 aromatic heterocycles. The maximum atomic E-state index is 13.2. The molecular weight excluding hydrogens is 500 g/mol. The fourth-order valence-corrected chi connectivity index (χ4v) is 6.92. The van der Waals surface area contributed by atoms with Crippen LogP contribution in [0, 0.1) is 5.92 Å². The number of hydrogen-bond acceptors (Lipinski definition) is 7. The molecule has 2 fully saturated rings. The zero-order valence-corrected chi connectivity index (χ0v) is 22.0. The van der Waals surface area contributed by atoms with Crippen LogP contribution in [0.25, 0.3) is 0 Å². The van der Waals surface area contributed by atoms with Gasteiger partial charge in [-0.15, -0.1) is 11.3 Å². The SMILES string of the molecule is CC(=O)Cc1ccc(S(=O)(=O)N2CCN([C@@H](CC3CCCCC3)C(=O)Nc3nccs3)C(=O)C2)cc1. The number of sulfonamides is 1. The highest BCUT2D eigenvalue weighted by molar-refractivity contribution is 7.89. The molecule has 9 nitrogen and oxygen atoms in total. The lowest BCUT2D eigenvalue weighted by atomic mass is 9.84. The first-order valence-corrected chi connectivity index (χ1v) is 14.6. The number of anilines is 1. The van der Waals surface area contributed by atoms with Gasteiger partial charge in [-0.1, -0.05) is 44.2 Å². The summed E-state index contributed by atoms with van der Waals surface area (Å²) in [5.74, 6) is -0.308. The second-order valence-electron chi connectivity index (χ2n) is 9.53. The van der Waals surface area contributed by atoms with E-state index in [1.54, 1.807) is 28.6 Å². The summed E-state index contributed by atoms with van der Waals surface area (Å²) in [7, 11) is -3.89. The van der Waals surface area contributed by atoms with E-state index in [1.165, 1.54) is 41.1 Å². The van der Waals surface area contributed by atoms with Gasteiger partial charge in [0.25, 0.3) is 0 Å². The molecule has 1 N–H and O–H groups in total.